The Morgan fingerprint density at radius 2 is 1.90 bits per heavy atom. The zero-order valence-corrected chi connectivity index (χ0v) is 18.6. The number of amides is 1. The van der Waals surface area contributed by atoms with Gasteiger partial charge in [0.1, 0.15) is 23.7 Å². The van der Waals surface area contributed by atoms with Crippen LogP contribution in [0.5, 0.6) is 11.5 Å². The first-order valence-corrected chi connectivity index (χ1v) is 10.2. The third kappa shape index (κ3) is 5.11. The first-order chi connectivity index (χ1) is 14.5. The van der Waals surface area contributed by atoms with Gasteiger partial charge in [-0.15, -0.1) is 0 Å². The van der Waals surface area contributed by atoms with E-state index in [-0.39, 0.29) is 11.2 Å². The average Bonchev–Trinajstić information content (AvgIpc) is 2.77. The second kappa shape index (κ2) is 8.77. The largest absolute Gasteiger partial charge is 0.508 e. The van der Waals surface area contributed by atoms with Gasteiger partial charge in [-0.2, -0.15) is 0 Å². The molecule has 8 heteroatoms. The van der Waals surface area contributed by atoms with Gasteiger partial charge in [-0.05, 0) is 35.7 Å². The minimum atomic E-state index is -1.21. The van der Waals surface area contributed by atoms with E-state index in [0.717, 1.165) is 0 Å². The van der Waals surface area contributed by atoms with Gasteiger partial charge in [0.15, 0.2) is 0 Å². The van der Waals surface area contributed by atoms with Gasteiger partial charge in [-0.25, -0.2) is 0 Å². The van der Waals surface area contributed by atoms with Crippen LogP contribution < -0.4 is 9.64 Å². The third-order valence-electron chi connectivity index (χ3n) is 4.90. The molecule has 3 rings (SSSR count). The topological polar surface area (TPSA) is 96.3 Å². The standard InChI is InChI=1S/C23H26ClNO6/c1-23(2,3)12-25-17-8-5-13(24)9-16(17)21(31-19(22(25)29)11-20(27)28)15-7-6-14(26)10-18(15)30-4/h5-10,19,21,26H,11-12H2,1-4H3,(H,27,28). The highest BCUT2D eigenvalue weighted by Crippen LogP contribution is 2.44. The molecule has 0 saturated carbocycles. The van der Waals surface area contributed by atoms with Crippen molar-refractivity contribution >= 4 is 29.2 Å². The fourth-order valence-electron chi connectivity index (χ4n) is 3.66. The number of fused-ring (bicyclic) bond motifs is 1. The van der Waals surface area contributed by atoms with Crippen LogP contribution in [0.15, 0.2) is 36.4 Å². The molecule has 31 heavy (non-hydrogen) atoms. The van der Waals surface area contributed by atoms with Gasteiger partial charge in [0.25, 0.3) is 5.91 Å². The molecular formula is C23H26ClNO6. The lowest BCUT2D eigenvalue weighted by Crippen LogP contribution is -2.44. The second-order valence-electron chi connectivity index (χ2n) is 8.72. The van der Waals surface area contributed by atoms with E-state index in [1.54, 1.807) is 29.2 Å². The number of carboxylic acid groups (broad SMARTS) is 1. The summed E-state index contributed by atoms with van der Waals surface area (Å²) in [6, 6.07) is 9.69. The van der Waals surface area contributed by atoms with Gasteiger partial charge in [0.05, 0.1) is 13.5 Å². The lowest BCUT2D eigenvalue weighted by molar-refractivity contribution is -0.147. The maximum atomic E-state index is 13.4. The van der Waals surface area contributed by atoms with Gasteiger partial charge in [-0.3, -0.25) is 9.59 Å². The minimum Gasteiger partial charge on any atom is -0.508 e. The summed E-state index contributed by atoms with van der Waals surface area (Å²) in [7, 11) is 1.46. The van der Waals surface area contributed by atoms with Gasteiger partial charge in [0.2, 0.25) is 0 Å². The molecule has 0 aliphatic carbocycles. The number of carbonyl (C=O) groups excluding carboxylic acids is 1. The van der Waals surface area contributed by atoms with Crippen LogP contribution in [0, 0.1) is 5.41 Å². The van der Waals surface area contributed by atoms with Crippen LogP contribution in [-0.4, -0.2) is 41.8 Å². The van der Waals surface area contributed by atoms with Crippen LogP contribution in [0.1, 0.15) is 44.4 Å². The number of hydrogen-bond donors (Lipinski definition) is 2. The summed E-state index contributed by atoms with van der Waals surface area (Å²) < 4.78 is 11.6. The summed E-state index contributed by atoms with van der Waals surface area (Å²) >= 11 is 6.30. The van der Waals surface area contributed by atoms with Crippen LogP contribution in [-0.2, 0) is 14.3 Å². The number of aromatic hydroxyl groups is 1. The van der Waals surface area contributed by atoms with E-state index in [1.807, 2.05) is 20.8 Å². The van der Waals surface area contributed by atoms with Crippen molar-refractivity contribution in [3.63, 3.8) is 0 Å². The van der Waals surface area contributed by atoms with E-state index in [1.165, 1.54) is 19.2 Å². The van der Waals surface area contributed by atoms with Crippen LogP contribution >= 0.6 is 11.6 Å². The smallest absolute Gasteiger partial charge is 0.306 e. The SMILES string of the molecule is COc1cc(O)ccc1C1OC(CC(=O)O)C(=O)N(CC(C)(C)C)c2ccc(Cl)cc21. The number of aliphatic carboxylic acids is 1. The lowest BCUT2D eigenvalue weighted by atomic mass is 9.94. The lowest BCUT2D eigenvalue weighted by Gasteiger charge is -2.31. The predicted molar refractivity (Wildman–Crippen MR) is 117 cm³/mol. The number of benzene rings is 2. The molecule has 2 atom stereocenters. The fourth-order valence-corrected chi connectivity index (χ4v) is 3.84. The Hall–Kier alpha value is -2.77. The van der Waals surface area contributed by atoms with Crippen LogP contribution in [0.3, 0.4) is 0 Å². The van der Waals surface area contributed by atoms with Gasteiger partial charge in [-0.1, -0.05) is 32.4 Å². The van der Waals surface area contributed by atoms with Crippen LogP contribution in [0.25, 0.3) is 0 Å². The van der Waals surface area contributed by atoms with E-state index >= 15 is 0 Å². The second-order valence-corrected chi connectivity index (χ2v) is 9.15. The highest BCUT2D eigenvalue weighted by Gasteiger charge is 2.39. The van der Waals surface area contributed by atoms with Crippen LogP contribution in [0.2, 0.25) is 5.02 Å². The number of phenolic OH excluding ortho intramolecular Hbond substituents is 1. The first kappa shape index (κ1) is 22.9. The van der Waals surface area contributed by atoms with E-state index in [4.69, 9.17) is 21.1 Å². The van der Waals surface area contributed by atoms with Gasteiger partial charge in [0, 0.05) is 34.4 Å². The number of methoxy groups -OCH3 is 1. The van der Waals surface area contributed by atoms with Crippen molar-refractivity contribution in [1.82, 2.24) is 0 Å². The summed E-state index contributed by atoms with van der Waals surface area (Å²) in [6.45, 7) is 6.34. The molecule has 0 saturated heterocycles. The molecule has 2 N–H and O–H groups in total. The van der Waals surface area contributed by atoms with Gasteiger partial charge >= 0.3 is 5.97 Å². The molecule has 0 radical (unpaired) electrons. The number of nitrogens with zero attached hydrogens (tertiary/aromatic N) is 1. The number of ether oxygens (including phenoxy) is 2. The normalized spacial score (nSPS) is 19.0. The maximum absolute atomic E-state index is 13.4. The summed E-state index contributed by atoms with van der Waals surface area (Å²) in [5, 5.41) is 19.7. The molecule has 2 aromatic rings. The first-order valence-electron chi connectivity index (χ1n) is 9.85. The number of rotatable bonds is 5. The fraction of sp³-hybridized carbons (Fsp3) is 0.391. The van der Waals surface area contributed by atoms with Gasteiger partial charge < -0.3 is 24.6 Å². The highest BCUT2D eigenvalue weighted by atomic mass is 35.5. The number of hydrogen-bond acceptors (Lipinski definition) is 5. The molecule has 0 spiro atoms. The van der Waals surface area contributed by atoms with Crippen molar-refractivity contribution in [3.05, 3.63) is 52.5 Å². The molecule has 7 nitrogen and oxygen atoms in total. The Morgan fingerprint density at radius 3 is 2.52 bits per heavy atom. The van der Waals surface area contributed by atoms with Crippen molar-refractivity contribution in [2.24, 2.45) is 5.41 Å². The number of carboxylic acids is 1. The summed E-state index contributed by atoms with van der Waals surface area (Å²) in [5.41, 5.74) is 1.50. The number of carbonyl (C=O) groups is 2. The van der Waals surface area contributed by atoms with E-state index < -0.39 is 30.5 Å². The number of halogens is 1. The molecule has 1 aliphatic heterocycles. The number of anilines is 1. The Morgan fingerprint density at radius 1 is 1.19 bits per heavy atom. The highest BCUT2D eigenvalue weighted by molar-refractivity contribution is 6.30. The molecule has 0 aromatic heterocycles. The van der Waals surface area contributed by atoms with Crippen molar-refractivity contribution < 1.29 is 29.3 Å². The molecule has 1 amide bonds. The molecule has 2 aromatic carbocycles. The van der Waals surface area contributed by atoms with E-state index in [2.05, 4.69) is 0 Å². The molecular weight excluding hydrogens is 422 g/mol. The molecule has 1 heterocycles. The third-order valence-corrected chi connectivity index (χ3v) is 5.13. The van der Waals surface area contributed by atoms with Crippen LogP contribution in [0.4, 0.5) is 5.69 Å². The summed E-state index contributed by atoms with van der Waals surface area (Å²) in [5.74, 6) is -1.22. The molecule has 0 bridgehead atoms. The zero-order valence-electron chi connectivity index (χ0n) is 17.9. The molecule has 1 aliphatic rings. The van der Waals surface area contributed by atoms with Crippen molar-refractivity contribution in [3.8, 4) is 11.5 Å². The minimum absolute atomic E-state index is 0.00746. The van der Waals surface area contributed by atoms with Crippen molar-refractivity contribution in [2.45, 2.75) is 39.4 Å². The number of phenols is 1. The summed E-state index contributed by atoms with van der Waals surface area (Å²) in [4.78, 5) is 26.5. The van der Waals surface area contributed by atoms with E-state index in [9.17, 15) is 19.8 Å². The molecule has 2 unspecified atom stereocenters. The van der Waals surface area contributed by atoms with E-state index in [0.29, 0.717) is 34.1 Å². The Labute approximate surface area is 186 Å². The summed E-state index contributed by atoms with van der Waals surface area (Å²) in [6.07, 6.45) is -2.53. The average molecular weight is 448 g/mol. The molecule has 166 valence electrons. The Balaban J connectivity index is 2.24. The molecule has 0 fully saturated rings. The van der Waals surface area contributed by atoms with Crippen molar-refractivity contribution in [1.29, 1.82) is 0 Å². The van der Waals surface area contributed by atoms with Crippen molar-refractivity contribution in [2.75, 3.05) is 18.6 Å². The zero-order chi connectivity index (χ0) is 22.9. The predicted octanol–water partition coefficient (Wildman–Crippen LogP) is 4.40. The maximum Gasteiger partial charge on any atom is 0.306 e. The quantitative estimate of drug-likeness (QED) is 0.705. The monoisotopic (exact) mass is 447 g/mol. The Bertz CT molecular complexity index is 1000. The Kier molecular flexibility index (Phi) is 6.48.